The standard InChI is InChI=1S/C28H28N4O2/c33-28(32-20-23-9-5-4-8-22(23)18-29-32)27-17-24-16-25(10-11-26(24)34-27)31-14-12-30(13-15-31)19-21-6-2-1-3-7-21/h1-11,16-17,29H,12-15,18-20H2. The number of benzene rings is 3. The monoisotopic (exact) mass is 452 g/mol. The van der Waals surface area contributed by atoms with Crippen LogP contribution in [0.3, 0.4) is 0 Å². The van der Waals surface area contributed by atoms with E-state index < -0.39 is 0 Å². The summed E-state index contributed by atoms with van der Waals surface area (Å²) in [5.41, 5.74) is 8.89. The molecule has 0 bridgehead atoms. The number of piperazine rings is 1. The number of hydrazine groups is 1. The van der Waals surface area contributed by atoms with Crippen molar-refractivity contribution in [2.24, 2.45) is 0 Å². The molecule has 0 unspecified atom stereocenters. The lowest BCUT2D eigenvalue weighted by Crippen LogP contribution is -2.45. The highest BCUT2D eigenvalue weighted by Gasteiger charge is 2.24. The average molecular weight is 453 g/mol. The van der Waals surface area contributed by atoms with E-state index in [1.165, 1.54) is 22.4 Å². The number of hydrogen-bond donors (Lipinski definition) is 1. The molecular weight excluding hydrogens is 424 g/mol. The van der Waals surface area contributed by atoms with Gasteiger partial charge < -0.3 is 9.32 Å². The summed E-state index contributed by atoms with van der Waals surface area (Å²) in [6, 6.07) is 26.9. The highest BCUT2D eigenvalue weighted by molar-refractivity contribution is 5.96. The zero-order valence-corrected chi connectivity index (χ0v) is 19.1. The number of fused-ring (bicyclic) bond motifs is 2. The lowest BCUT2D eigenvalue weighted by molar-refractivity contribution is 0.0581. The molecule has 0 radical (unpaired) electrons. The van der Waals surface area contributed by atoms with Gasteiger partial charge >= 0.3 is 5.91 Å². The van der Waals surface area contributed by atoms with Crippen LogP contribution < -0.4 is 10.3 Å². The number of furan rings is 1. The Kier molecular flexibility index (Phi) is 5.53. The minimum atomic E-state index is -0.137. The van der Waals surface area contributed by atoms with E-state index in [1.807, 2.05) is 24.3 Å². The lowest BCUT2D eigenvalue weighted by Gasteiger charge is -2.36. The van der Waals surface area contributed by atoms with Crippen molar-refractivity contribution in [2.75, 3.05) is 31.1 Å². The molecule has 1 amide bonds. The van der Waals surface area contributed by atoms with E-state index in [4.69, 9.17) is 4.42 Å². The third-order valence-electron chi connectivity index (χ3n) is 6.85. The van der Waals surface area contributed by atoms with E-state index in [1.54, 1.807) is 5.01 Å². The Labute approximate surface area is 199 Å². The maximum absolute atomic E-state index is 13.1. The molecule has 6 heteroatoms. The first kappa shape index (κ1) is 21.0. The maximum Gasteiger partial charge on any atom is 0.304 e. The number of anilines is 1. The smallest absolute Gasteiger partial charge is 0.304 e. The first-order valence-corrected chi connectivity index (χ1v) is 11.9. The number of carbonyl (C=O) groups excluding carboxylic acids is 1. The van der Waals surface area contributed by atoms with Gasteiger partial charge in [0, 0.05) is 50.3 Å². The van der Waals surface area contributed by atoms with Crippen molar-refractivity contribution in [1.29, 1.82) is 0 Å². The third kappa shape index (κ3) is 4.18. The van der Waals surface area contributed by atoms with Crippen molar-refractivity contribution in [3.05, 3.63) is 101 Å². The van der Waals surface area contributed by atoms with E-state index >= 15 is 0 Å². The number of carbonyl (C=O) groups is 1. The number of nitrogens with one attached hydrogen (secondary N) is 1. The third-order valence-corrected chi connectivity index (χ3v) is 6.85. The molecule has 6 rings (SSSR count). The van der Waals surface area contributed by atoms with Crippen molar-refractivity contribution in [1.82, 2.24) is 15.3 Å². The van der Waals surface area contributed by atoms with Gasteiger partial charge in [-0.3, -0.25) is 14.7 Å². The molecule has 1 saturated heterocycles. The molecule has 0 saturated carbocycles. The highest BCUT2D eigenvalue weighted by atomic mass is 16.3. The normalized spacial score (nSPS) is 16.6. The molecular formula is C28H28N4O2. The summed E-state index contributed by atoms with van der Waals surface area (Å²) in [4.78, 5) is 18.0. The van der Waals surface area contributed by atoms with Crippen molar-refractivity contribution in [3.63, 3.8) is 0 Å². The Morgan fingerprint density at radius 1 is 0.853 bits per heavy atom. The second-order valence-corrected chi connectivity index (χ2v) is 9.08. The van der Waals surface area contributed by atoms with Crippen LogP contribution in [0.5, 0.6) is 0 Å². The van der Waals surface area contributed by atoms with Crippen LogP contribution in [0.25, 0.3) is 11.0 Å². The number of hydrogen-bond acceptors (Lipinski definition) is 5. The molecule has 1 fully saturated rings. The molecule has 0 spiro atoms. The Hall–Kier alpha value is -3.61. The summed E-state index contributed by atoms with van der Waals surface area (Å²) in [6.07, 6.45) is 0. The van der Waals surface area contributed by atoms with Gasteiger partial charge in [0.1, 0.15) is 5.58 Å². The topological polar surface area (TPSA) is 52.0 Å². The Bertz CT molecular complexity index is 1310. The molecule has 0 aliphatic carbocycles. The molecule has 2 aliphatic heterocycles. The Balaban J connectivity index is 1.13. The second-order valence-electron chi connectivity index (χ2n) is 9.08. The first-order valence-electron chi connectivity index (χ1n) is 11.9. The fourth-order valence-electron chi connectivity index (χ4n) is 4.91. The molecule has 6 nitrogen and oxygen atoms in total. The molecule has 1 N–H and O–H groups in total. The summed E-state index contributed by atoms with van der Waals surface area (Å²) in [7, 11) is 0. The summed E-state index contributed by atoms with van der Waals surface area (Å²) in [5, 5.41) is 2.61. The molecule has 34 heavy (non-hydrogen) atoms. The maximum atomic E-state index is 13.1. The number of amides is 1. The van der Waals surface area contributed by atoms with Crippen LogP contribution in [0.4, 0.5) is 5.69 Å². The molecule has 0 atom stereocenters. The summed E-state index contributed by atoms with van der Waals surface area (Å²) < 4.78 is 5.94. The van der Waals surface area contributed by atoms with Crippen molar-refractivity contribution in [2.45, 2.75) is 19.6 Å². The zero-order chi connectivity index (χ0) is 22.9. The van der Waals surface area contributed by atoms with Gasteiger partial charge in [-0.15, -0.1) is 0 Å². The largest absolute Gasteiger partial charge is 0.451 e. The van der Waals surface area contributed by atoms with Gasteiger partial charge in [-0.25, -0.2) is 5.43 Å². The number of nitrogens with zero attached hydrogens (tertiary/aromatic N) is 3. The van der Waals surface area contributed by atoms with Crippen molar-refractivity contribution in [3.8, 4) is 0 Å². The van der Waals surface area contributed by atoms with E-state index in [2.05, 4.69) is 69.8 Å². The summed E-state index contributed by atoms with van der Waals surface area (Å²) >= 11 is 0. The molecule has 1 aromatic heterocycles. The van der Waals surface area contributed by atoms with Gasteiger partial charge in [-0.2, -0.15) is 0 Å². The van der Waals surface area contributed by atoms with E-state index in [0.29, 0.717) is 18.8 Å². The van der Waals surface area contributed by atoms with Gasteiger partial charge in [0.25, 0.3) is 0 Å². The van der Waals surface area contributed by atoms with Crippen molar-refractivity contribution < 1.29 is 9.21 Å². The predicted octanol–water partition coefficient (Wildman–Crippen LogP) is 4.42. The minimum absolute atomic E-state index is 0.137. The van der Waals surface area contributed by atoms with Crippen LogP contribution in [-0.2, 0) is 19.6 Å². The summed E-state index contributed by atoms with van der Waals surface area (Å²) in [5.74, 6) is 0.230. The van der Waals surface area contributed by atoms with Gasteiger partial charge in [-0.05, 0) is 41.0 Å². The SMILES string of the molecule is O=C(c1cc2cc(N3CCN(Cc4ccccc4)CC3)ccc2o1)N1Cc2ccccc2CN1. The van der Waals surface area contributed by atoms with Crippen LogP contribution >= 0.6 is 0 Å². The second kappa shape index (κ2) is 8.97. The fraction of sp³-hybridized carbons (Fsp3) is 0.250. The average Bonchev–Trinajstić information content (AvgIpc) is 3.32. The Morgan fingerprint density at radius 3 is 2.44 bits per heavy atom. The highest BCUT2D eigenvalue weighted by Crippen LogP contribution is 2.27. The van der Waals surface area contributed by atoms with Crippen LogP contribution in [0, 0.1) is 0 Å². The van der Waals surface area contributed by atoms with E-state index in [9.17, 15) is 4.79 Å². The predicted molar refractivity (Wildman–Crippen MR) is 133 cm³/mol. The van der Waals surface area contributed by atoms with Gasteiger partial charge in [0.2, 0.25) is 0 Å². The quantitative estimate of drug-likeness (QED) is 0.497. The lowest BCUT2D eigenvalue weighted by atomic mass is 10.1. The van der Waals surface area contributed by atoms with Crippen LogP contribution in [0.2, 0.25) is 0 Å². The molecule has 4 aromatic rings. The molecule has 3 heterocycles. The zero-order valence-electron chi connectivity index (χ0n) is 19.1. The van der Waals surface area contributed by atoms with E-state index in [0.717, 1.165) is 43.7 Å². The molecule has 172 valence electrons. The van der Waals surface area contributed by atoms with E-state index in [-0.39, 0.29) is 5.91 Å². The Morgan fingerprint density at radius 2 is 1.62 bits per heavy atom. The molecule has 3 aromatic carbocycles. The summed E-state index contributed by atoms with van der Waals surface area (Å²) in [6.45, 7) is 6.20. The van der Waals surface area contributed by atoms with Crippen LogP contribution in [-0.4, -0.2) is 42.0 Å². The van der Waals surface area contributed by atoms with Crippen molar-refractivity contribution >= 4 is 22.6 Å². The van der Waals surface area contributed by atoms with Gasteiger partial charge in [-0.1, -0.05) is 54.6 Å². The number of rotatable bonds is 4. The molecule has 2 aliphatic rings. The van der Waals surface area contributed by atoms with Crippen LogP contribution in [0.15, 0.2) is 83.3 Å². The van der Waals surface area contributed by atoms with Gasteiger partial charge in [0.05, 0.1) is 6.54 Å². The van der Waals surface area contributed by atoms with Gasteiger partial charge in [0.15, 0.2) is 5.76 Å². The fourth-order valence-corrected chi connectivity index (χ4v) is 4.91. The first-order chi connectivity index (χ1) is 16.7. The van der Waals surface area contributed by atoms with Crippen LogP contribution in [0.1, 0.15) is 27.2 Å². The minimum Gasteiger partial charge on any atom is -0.451 e.